The molecule has 0 atom stereocenters. The van der Waals surface area contributed by atoms with Crippen LogP contribution in [0.1, 0.15) is 34.6 Å². The number of fused-ring (bicyclic) bond motifs is 1. The van der Waals surface area contributed by atoms with Gasteiger partial charge in [-0.25, -0.2) is 0 Å². The molecule has 2 amide bonds. The molecule has 21 heavy (non-hydrogen) atoms. The minimum absolute atomic E-state index is 0.321. The van der Waals surface area contributed by atoms with E-state index in [0.29, 0.717) is 17.2 Å². The van der Waals surface area contributed by atoms with Gasteiger partial charge in [0.2, 0.25) is 0 Å². The first-order chi connectivity index (χ1) is 10.0. The number of anilines is 1. The van der Waals surface area contributed by atoms with E-state index in [0.717, 1.165) is 16.8 Å². The standard InChI is InChI=1S/C17H16N2O2/c1-10(2)18-13-6-3-11(4-7-13)12-5-8-14-15(9-12)17(21)19-16(14)20/h3-10,18H,1-2H3,(H,19,20,21). The van der Waals surface area contributed by atoms with Gasteiger partial charge in [-0.1, -0.05) is 18.2 Å². The molecule has 0 bridgehead atoms. The summed E-state index contributed by atoms with van der Waals surface area (Å²) in [5.74, 6) is -0.645. The maximum Gasteiger partial charge on any atom is 0.258 e. The maximum absolute atomic E-state index is 11.7. The second-order valence-corrected chi connectivity index (χ2v) is 5.42. The molecule has 1 aliphatic heterocycles. The number of rotatable bonds is 3. The van der Waals surface area contributed by atoms with Crippen molar-refractivity contribution in [3.05, 3.63) is 53.6 Å². The fourth-order valence-corrected chi connectivity index (χ4v) is 2.44. The van der Waals surface area contributed by atoms with Crippen molar-refractivity contribution in [2.45, 2.75) is 19.9 Å². The van der Waals surface area contributed by atoms with Gasteiger partial charge >= 0.3 is 0 Å². The summed E-state index contributed by atoms with van der Waals surface area (Å²) in [6.07, 6.45) is 0. The fourth-order valence-electron chi connectivity index (χ4n) is 2.44. The Balaban J connectivity index is 1.93. The van der Waals surface area contributed by atoms with E-state index in [4.69, 9.17) is 0 Å². The average molecular weight is 280 g/mol. The van der Waals surface area contributed by atoms with Crippen LogP contribution in [-0.2, 0) is 0 Å². The highest BCUT2D eigenvalue weighted by atomic mass is 16.2. The van der Waals surface area contributed by atoms with Gasteiger partial charge < -0.3 is 5.32 Å². The molecule has 0 saturated carbocycles. The van der Waals surface area contributed by atoms with Gasteiger partial charge in [0.25, 0.3) is 11.8 Å². The number of amides is 2. The van der Waals surface area contributed by atoms with Crippen LogP contribution in [0.25, 0.3) is 11.1 Å². The second-order valence-electron chi connectivity index (χ2n) is 5.42. The van der Waals surface area contributed by atoms with Crippen LogP contribution < -0.4 is 10.6 Å². The molecule has 1 aliphatic rings. The van der Waals surface area contributed by atoms with Crippen LogP contribution in [0.2, 0.25) is 0 Å². The van der Waals surface area contributed by atoms with Crippen molar-refractivity contribution in [2.75, 3.05) is 5.32 Å². The predicted molar refractivity (Wildman–Crippen MR) is 82.4 cm³/mol. The monoisotopic (exact) mass is 280 g/mol. The first kappa shape index (κ1) is 13.4. The van der Waals surface area contributed by atoms with E-state index in [1.54, 1.807) is 12.1 Å². The minimum Gasteiger partial charge on any atom is -0.383 e. The molecule has 2 aromatic carbocycles. The van der Waals surface area contributed by atoms with Crippen LogP contribution in [-0.4, -0.2) is 17.9 Å². The van der Waals surface area contributed by atoms with Crippen molar-refractivity contribution in [2.24, 2.45) is 0 Å². The third-order valence-corrected chi connectivity index (χ3v) is 3.41. The number of hydrogen-bond donors (Lipinski definition) is 2. The van der Waals surface area contributed by atoms with Crippen molar-refractivity contribution in [3.63, 3.8) is 0 Å². The highest BCUT2D eigenvalue weighted by Gasteiger charge is 2.26. The Morgan fingerprint density at radius 2 is 1.48 bits per heavy atom. The van der Waals surface area contributed by atoms with Crippen molar-refractivity contribution in [1.29, 1.82) is 0 Å². The van der Waals surface area contributed by atoms with Crippen LogP contribution in [0, 0.1) is 0 Å². The molecule has 0 aromatic heterocycles. The van der Waals surface area contributed by atoms with E-state index in [-0.39, 0.29) is 11.8 Å². The van der Waals surface area contributed by atoms with Crippen molar-refractivity contribution in [3.8, 4) is 11.1 Å². The summed E-state index contributed by atoms with van der Waals surface area (Å²) in [6, 6.07) is 13.7. The number of nitrogens with one attached hydrogen (secondary N) is 2. The molecular weight excluding hydrogens is 264 g/mol. The SMILES string of the molecule is CC(C)Nc1ccc(-c2ccc3c(c2)C(=O)NC3=O)cc1. The molecule has 0 fully saturated rings. The molecular formula is C17H16N2O2. The summed E-state index contributed by atoms with van der Waals surface area (Å²) in [4.78, 5) is 23.2. The topological polar surface area (TPSA) is 58.2 Å². The smallest absolute Gasteiger partial charge is 0.258 e. The zero-order valence-electron chi connectivity index (χ0n) is 11.9. The second kappa shape index (κ2) is 5.05. The van der Waals surface area contributed by atoms with Gasteiger partial charge in [-0.2, -0.15) is 0 Å². The lowest BCUT2D eigenvalue weighted by Crippen LogP contribution is -2.19. The van der Waals surface area contributed by atoms with E-state index in [1.165, 1.54) is 0 Å². The molecule has 106 valence electrons. The van der Waals surface area contributed by atoms with Crippen LogP contribution in [0.5, 0.6) is 0 Å². The van der Waals surface area contributed by atoms with Gasteiger partial charge in [0.05, 0.1) is 11.1 Å². The highest BCUT2D eigenvalue weighted by molar-refractivity contribution is 6.21. The molecule has 0 aliphatic carbocycles. The number of benzene rings is 2. The number of carbonyl (C=O) groups is 2. The Hall–Kier alpha value is -2.62. The lowest BCUT2D eigenvalue weighted by molar-refractivity contribution is 0.0879. The zero-order valence-corrected chi connectivity index (χ0v) is 11.9. The summed E-state index contributed by atoms with van der Waals surface area (Å²) in [5.41, 5.74) is 3.89. The molecule has 2 aromatic rings. The lowest BCUT2D eigenvalue weighted by Gasteiger charge is -2.10. The Morgan fingerprint density at radius 1 is 0.857 bits per heavy atom. The van der Waals surface area contributed by atoms with Crippen LogP contribution in [0.4, 0.5) is 5.69 Å². The summed E-state index contributed by atoms with van der Waals surface area (Å²) in [7, 11) is 0. The first-order valence-electron chi connectivity index (χ1n) is 6.91. The van der Waals surface area contributed by atoms with Crippen molar-refractivity contribution < 1.29 is 9.59 Å². The van der Waals surface area contributed by atoms with Gasteiger partial charge in [0, 0.05) is 11.7 Å². The molecule has 4 nitrogen and oxygen atoms in total. The van der Waals surface area contributed by atoms with Gasteiger partial charge in [0.15, 0.2) is 0 Å². The number of imide groups is 1. The quantitative estimate of drug-likeness (QED) is 0.850. The van der Waals surface area contributed by atoms with Gasteiger partial charge in [-0.15, -0.1) is 0 Å². The normalized spacial score (nSPS) is 13.3. The molecule has 0 saturated heterocycles. The molecule has 0 radical (unpaired) electrons. The zero-order chi connectivity index (χ0) is 15.0. The van der Waals surface area contributed by atoms with E-state index >= 15 is 0 Å². The number of carbonyl (C=O) groups excluding carboxylic acids is 2. The van der Waals surface area contributed by atoms with Crippen molar-refractivity contribution in [1.82, 2.24) is 5.32 Å². The van der Waals surface area contributed by atoms with E-state index in [2.05, 4.69) is 24.5 Å². The molecule has 0 spiro atoms. The fraction of sp³-hybridized carbons (Fsp3) is 0.176. The summed E-state index contributed by atoms with van der Waals surface area (Å²) in [5, 5.41) is 5.63. The Labute approximate surface area is 123 Å². The Morgan fingerprint density at radius 3 is 2.14 bits per heavy atom. The van der Waals surface area contributed by atoms with Gasteiger partial charge in [0.1, 0.15) is 0 Å². The van der Waals surface area contributed by atoms with Crippen molar-refractivity contribution >= 4 is 17.5 Å². The number of hydrogen-bond acceptors (Lipinski definition) is 3. The highest BCUT2D eigenvalue weighted by Crippen LogP contribution is 2.26. The summed E-state index contributed by atoms with van der Waals surface area (Å²) >= 11 is 0. The molecule has 4 heteroatoms. The van der Waals surface area contributed by atoms with E-state index in [9.17, 15) is 9.59 Å². The minimum atomic E-state index is -0.324. The largest absolute Gasteiger partial charge is 0.383 e. The molecule has 2 N–H and O–H groups in total. The Kier molecular flexibility index (Phi) is 3.22. The first-order valence-corrected chi connectivity index (χ1v) is 6.91. The maximum atomic E-state index is 11.7. The average Bonchev–Trinajstić information content (AvgIpc) is 2.74. The third-order valence-electron chi connectivity index (χ3n) is 3.41. The van der Waals surface area contributed by atoms with E-state index in [1.807, 2.05) is 30.3 Å². The third kappa shape index (κ3) is 2.52. The summed E-state index contributed by atoms with van der Waals surface area (Å²) < 4.78 is 0. The molecule has 0 unspecified atom stereocenters. The summed E-state index contributed by atoms with van der Waals surface area (Å²) in [6.45, 7) is 4.17. The Bertz CT molecular complexity index is 718. The van der Waals surface area contributed by atoms with Gasteiger partial charge in [-0.05, 0) is 49.2 Å². The molecule has 3 rings (SSSR count). The molecule has 1 heterocycles. The van der Waals surface area contributed by atoms with Crippen LogP contribution in [0.3, 0.4) is 0 Å². The van der Waals surface area contributed by atoms with E-state index < -0.39 is 0 Å². The van der Waals surface area contributed by atoms with Crippen LogP contribution >= 0.6 is 0 Å². The van der Waals surface area contributed by atoms with Gasteiger partial charge in [-0.3, -0.25) is 14.9 Å². The van der Waals surface area contributed by atoms with Crippen LogP contribution in [0.15, 0.2) is 42.5 Å². The predicted octanol–water partition coefficient (Wildman–Crippen LogP) is 3.06. The lowest BCUT2D eigenvalue weighted by atomic mass is 10.00.